The van der Waals surface area contributed by atoms with Crippen LogP contribution >= 0.6 is 0 Å². The number of rotatable bonds is 2. The van der Waals surface area contributed by atoms with Gasteiger partial charge in [0, 0.05) is 5.92 Å². The van der Waals surface area contributed by atoms with Gasteiger partial charge in [0.05, 0.1) is 0 Å². The van der Waals surface area contributed by atoms with Crippen molar-refractivity contribution in [3.63, 3.8) is 0 Å². The first-order valence-electron chi connectivity index (χ1n) is 4.29. The van der Waals surface area contributed by atoms with Gasteiger partial charge in [-0.2, -0.15) is 0 Å². The molecule has 1 heteroatoms. The van der Waals surface area contributed by atoms with Gasteiger partial charge in [-0.25, -0.2) is 0 Å². The average molecular weight is 152 g/mol. The van der Waals surface area contributed by atoms with Gasteiger partial charge in [0.2, 0.25) is 0 Å². The molecule has 1 rings (SSSR count). The molecule has 0 amide bonds. The van der Waals surface area contributed by atoms with E-state index < -0.39 is 0 Å². The molecule has 1 aliphatic rings. The van der Waals surface area contributed by atoms with Crippen molar-refractivity contribution in [1.82, 2.24) is 0 Å². The van der Waals surface area contributed by atoms with Crippen molar-refractivity contribution in [3.05, 3.63) is 12.2 Å². The predicted octanol–water partition coefficient (Wildman–Crippen LogP) is 2.57. The molecule has 2 unspecified atom stereocenters. The molecule has 0 bridgehead atoms. The molecule has 0 fully saturated rings. The maximum atomic E-state index is 10.6. The van der Waals surface area contributed by atoms with Gasteiger partial charge in [0.25, 0.3) is 0 Å². The Morgan fingerprint density at radius 2 is 2.27 bits per heavy atom. The summed E-state index contributed by atoms with van der Waals surface area (Å²) in [6.07, 6.45) is 8.84. The van der Waals surface area contributed by atoms with Gasteiger partial charge in [0.15, 0.2) is 0 Å². The molecule has 0 aromatic carbocycles. The highest BCUT2D eigenvalue weighted by Crippen LogP contribution is 2.38. The molecule has 0 N–H and O–H groups in total. The highest BCUT2D eigenvalue weighted by Gasteiger charge is 2.30. The minimum absolute atomic E-state index is 0.201. The highest BCUT2D eigenvalue weighted by molar-refractivity contribution is 5.54. The van der Waals surface area contributed by atoms with Gasteiger partial charge in [0.1, 0.15) is 6.29 Å². The summed E-state index contributed by atoms with van der Waals surface area (Å²) in [5, 5.41) is 0. The summed E-state index contributed by atoms with van der Waals surface area (Å²) in [5.41, 5.74) is 0.233. The SMILES string of the molecule is CC(C=O)C1(C)CC=CCC1. The number of allylic oxidation sites excluding steroid dienone is 2. The molecule has 0 aromatic rings. The molecule has 1 aliphatic carbocycles. The third kappa shape index (κ3) is 1.70. The Morgan fingerprint density at radius 3 is 2.73 bits per heavy atom. The molecule has 1 nitrogen and oxygen atoms in total. The zero-order valence-corrected chi connectivity index (χ0v) is 7.34. The first-order valence-corrected chi connectivity index (χ1v) is 4.29. The van der Waals surface area contributed by atoms with Crippen LogP contribution in [0.3, 0.4) is 0 Å². The number of carbonyl (C=O) groups excluding carboxylic acids is 1. The zero-order valence-electron chi connectivity index (χ0n) is 7.34. The Kier molecular flexibility index (Phi) is 2.48. The van der Waals surface area contributed by atoms with Crippen LogP contribution in [0.2, 0.25) is 0 Å². The van der Waals surface area contributed by atoms with Crippen molar-refractivity contribution in [2.75, 3.05) is 0 Å². The van der Waals surface area contributed by atoms with E-state index in [9.17, 15) is 4.79 Å². The van der Waals surface area contributed by atoms with Gasteiger partial charge < -0.3 is 4.79 Å². The largest absolute Gasteiger partial charge is 0.303 e. The van der Waals surface area contributed by atoms with Crippen molar-refractivity contribution in [2.45, 2.75) is 33.1 Å². The Balaban J connectivity index is 2.65. The summed E-state index contributed by atoms with van der Waals surface area (Å²) in [6.45, 7) is 4.22. The van der Waals surface area contributed by atoms with E-state index in [4.69, 9.17) is 0 Å². The molecular formula is C10H16O. The summed E-state index contributed by atoms with van der Waals surface area (Å²) < 4.78 is 0. The lowest BCUT2D eigenvalue weighted by molar-refractivity contribution is -0.114. The molecular weight excluding hydrogens is 136 g/mol. The summed E-state index contributed by atoms with van der Waals surface area (Å²) in [5.74, 6) is 0.201. The van der Waals surface area contributed by atoms with Gasteiger partial charge in [-0.3, -0.25) is 0 Å². The number of hydrogen-bond donors (Lipinski definition) is 0. The fourth-order valence-corrected chi connectivity index (χ4v) is 1.56. The second-order valence-electron chi connectivity index (χ2n) is 3.79. The zero-order chi connectivity index (χ0) is 8.32. The van der Waals surface area contributed by atoms with Crippen molar-refractivity contribution < 1.29 is 4.79 Å². The molecule has 0 aromatic heterocycles. The van der Waals surface area contributed by atoms with Gasteiger partial charge in [-0.05, 0) is 24.7 Å². The lowest BCUT2D eigenvalue weighted by atomic mass is 9.71. The fraction of sp³-hybridized carbons (Fsp3) is 0.700. The first-order chi connectivity index (χ1) is 5.19. The average Bonchev–Trinajstić information content (AvgIpc) is 2.04. The molecule has 62 valence electrons. The Bertz CT molecular complexity index is 172. The molecule has 0 heterocycles. The monoisotopic (exact) mass is 152 g/mol. The molecule has 0 aliphatic heterocycles. The molecule has 11 heavy (non-hydrogen) atoms. The van der Waals surface area contributed by atoms with E-state index >= 15 is 0 Å². The first kappa shape index (κ1) is 8.51. The van der Waals surface area contributed by atoms with Crippen LogP contribution in [0.1, 0.15) is 33.1 Å². The predicted molar refractivity (Wildman–Crippen MR) is 46.3 cm³/mol. The quantitative estimate of drug-likeness (QED) is 0.439. The van der Waals surface area contributed by atoms with Crippen molar-refractivity contribution >= 4 is 6.29 Å². The topological polar surface area (TPSA) is 17.1 Å². The van der Waals surface area contributed by atoms with Gasteiger partial charge in [-0.1, -0.05) is 26.0 Å². The smallest absolute Gasteiger partial charge is 0.123 e. The third-order valence-corrected chi connectivity index (χ3v) is 2.94. The Labute approximate surface area is 68.5 Å². The van der Waals surface area contributed by atoms with Crippen LogP contribution < -0.4 is 0 Å². The van der Waals surface area contributed by atoms with Gasteiger partial charge in [-0.15, -0.1) is 0 Å². The number of carbonyl (C=O) groups is 1. The molecule has 0 saturated heterocycles. The highest BCUT2D eigenvalue weighted by atomic mass is 16.1. The minimum Gasteiger partial charge on any atom is -0.303 e. The van der Waals surface area contributed by atoms with E-state index in [1.54, 1.807) is 0 Å². The van der Waals surface area contributed by atoms with Crippen LogP contribution in [-0.4, -0.2) is 6.29 Å². The molecule has 0 radical (unpaired) electrons. The Morgan fingerprint density at radius 1 is 1.55 bits per heavy atom. The van der Waals surface area contributed by atoms with E-state index in [1.807, 2.05) is 6.92 Å². The fourth-order valence-electron chi connectivity index (χ4n) is 1.56. The second-order valence-corrected chi connectivity index (χ2v) is 3.79. The van der Waals surface area contributed by atoms with E-state index in [0.717, 1.165) is 25.5 Å². The van der Waals surface area contributed by atoms with E-state index in [-0.39, 0.29) is 11.3 Å². The lowest BCUT2D eigenvalue weighted by Crippen LogP contribution is -2.27. The van der Waals surface area contributed by atoms with Crippen molar-refractivity contribution in [2.24, 2.45) is 11.3 Å². The maximum absolute atomic E-state index is 10.6. The second kappa shape index (κ2) is 3.21. The summed E-state index contributed by atoms with van der Waals surface area (Å²) in [4.78, 5) is 10.6. The van der Waals surface area contributed by atoms with E-state index in [1.165, 1.54) is 0 Å². The molecule has 2 atom stereocenters. The van der Waals surface area contributed by atoms with Crippen molar-refractivity contribution in [1.29, 1.82) is 0 Å². The van der Waals surface area contributed by atoms with E-state index in [0.29, 0.717) is 0 Å². The van der Waals surface area contributed by atoms with Crippen LogP contribution in [0.25, 0.3) is 0 Å². The number of hydrogen-bond acceptors (Lipinski definition) is 1. The Hall–Kier alpha value is -0.590. The summed E-state index contributed by atoms with van der Waals surface area (Å²) in [7, 11) is 0. The molecule has 0 spiro atoms. The maximum Gasteiger partial charge on any atom is 0.123 e. The van der Waals surface area contributed by atoms with Crippen LogP contribution in [-0.2, 0) is 4.79 Å². The summed E-state index contributed by atoms with van der Waals surface area (Å²) >= 11 is 0. The normalized spacial score (nSPS) is 33.3. The lowest BCUT2D eigenvalue weighted by Gasteiger charge is -2.33. The van der Waals surface area contributed by atoms with Crippen molar-refractivity contribution in [3.8, 4) is 0 Å². The minimum atomic E-state index is 0.201. The van der Waals surface area contributed by atoms with Crippen LogP contribution in [0.4, 0.5) is 0 Å². The summed E-state index contributed by atoms with van der Waals surface area (Å²) in [6, 6.07) is 0. The standard InChI is InChI=1S/C10H16O/c1-9(8-11)10(2)6-4-3-5-7-10/h3-4,8-9H,5-7H2,1-2H3. The van der Waals surface area contributed by atoms with E-state index in [2.05, 4.69) is 19.1 Å². The van der Waals surface area contributed by atoms with Gasteiger partial charge >= 0.3 is 0 Å². The third-order valence-electron chi connectivity index (χ3n) is 2.94. The number of aldehydes is 1. The van der Waals surface area contributed by atoms with Crippen LogP contribution in [0.5, 0.6) is 0 Å². The van der Waals surface area contributed by atoms with Crippen LogP contribution in [0, 0.1) is 11.3 Å². The van der Waals surface area contributed by atoms with Crippen LogP contribution in [0.15, 0.2) is 12.2 Å². The molecule has 0 saturated carbocycles.